The van der Waals surface area contributed by atoms with Gasteiger partial charge in [0.15, 0.2) is 0 Å². The summed E-state index contributed by atoms with van der Waals surface area (Å²) in [5.41, 5.74) is -1.11. The minimum Gasteiger partial charge on any atom is -0.507 e. The van der Waals surface area contributed by atoms with Crippen LogP contribution >= 0.6 is 0 Å². The molecule has 0 spiro atoms. The van der Waals surface area contributed by atoms with Gasteiger partial charge in [0.25, 0.3) is 0 Å². The van der Waals surface area contributed by atoms with Crippen molar-refractivity contribution in [1.82, 2.24) is 15.5 Å². The van der Waals surface area contributed by atoms with Gasteiger partial charge in [0.05, 0.1) is 0 Å². The highest BCUT2D eigenvalue weighted by Gasteiger charge is 2.45. The molecule has 3 unspecified atom stereocenters. The Balaban J connectivity index is 2.75. The first-order valence-corrected chi connectivity index (χ1v) is 16.3. The summed E-state index contributed by atoms with van der Waals surface area (Å²) in [6.45, 7) is 21.2. The smallest absolute Gasteiger partial charge is 0.408 e. The van der Waals surface area contributed by atoms with Gasteiger partial charge >= 0.3 is 12.1 Å². The molecule has 47 heavy (non-hydrogen) atoms. The van der Waals surface area contributed by atoms with Crippen LogP contribution in [0.25, 0.3) is 0 Å². The van der Waals surface area contributed by atoms with Crippen molar-refractivity contribution >= 4 is 23.9 Å². The van der Waals surface area contributed by atoms with Gasteiger partial charge in [-0.25, -0.2) is 9.59 Å². The van der Waals surface area contributed by atoms with Gasteiger partial charge < -0.3 is 30.1 Å². The van der Waals surface area contributed by atoms with Gasteiger partial charge in [-0.3, -0.25) is 9.59 Å². The number of nitrogens with zero attached hydrogens (tertiary/aromatic N) is 1. The summed E-state index contributed by atoms with van der Waals surface area (Å²) in [5.74, 6) is -2.42. The summed E-state index contributed by atoms with van der Waals surface area (Å²) < 4.78 is 11.2. The van der Waals surface area contributed by atoms with Crippen LogP contribution in [-0.2, 0) is 30.3 Å². The number of aryl methyl sites for hydroxylation is 1. The van der Waals surface area contributed by atoms with Crippen molar-refractivity contribution in [3.05, 3.63) is 65.2 Å². The van der Waals surface area contributed by atoms with Crippen molar-refractivity contribution in [3.8, 4) is 5.75 Å². The van der Waals surface area contributed by atoms with Crippen LogP contribution in [0.15, 0.2) is 48.5 Å². The number of hydrogen-bond donors (Lipinski definition) is 3. The second kappa shape index (κ2) is 15.7. The van der Waals surface area contributed by atoms with E-state index >= 15 is 0 Å². The molecule has 10 nitrogen and oxygen atoms in total. The van der Waals surface area contributed by atoms with Gasteiger partial charge in [0.2, 0.25) is 11.8 Å². The third-order valence-corrected chi connectivity index (χ3v) is 7.72. The maximum atomic E-state index is 14.7. The van der Waals surface area contributed by atoms with E-state index in [1.165, 1.54) is 4.90 Å². The van der Waals surface area contributed by atoms with Crippen molar-refractivity contribution in [2.24, 2.45) is 5.92 Å². The Morgan fingerprint density at radius 3 is 1.91 bits per heavy atom. The van der Waals surface area contributed by atoms with Gasteiger partial charge in [-0.2, -0.15) is 0 Å². The monoisotopic (exact) mass is 653 g/mol. The average Bonchev–Trinajstić information content (AvgIpc) is 2.94. The Bertz CT molecular complexity index is 1390. The number of amides is 3. The molecule has 2 aromatic carbocycles. The van der Waals surface area contributed by atoms with E-state index in [0.29, 0.717) is 12.0 Å². The van der Waals surface area contributed by atoms with Crippen molar-refractivity contribution in [3.63, 3.8) is 0 Å². The Morgan fingerprint density at radius 2 is 1.40 bits per heavy atom. The predicted molar refractivity (Wildman–Crippen MR) is 183 cm³/mol. The van der Waals surface area contributed by atoms with E-state index in [4.69, 9.17) is 9.47 Å². The Hall–Kier alpha value is -4.08. The van der Waals surface area contributed by atoms with Crippen LogP contribution in [0, 0.1) is 12.8 Å². The van der Waals surface area contributed by atoms with E-state index in [0.717, 1.165) is 5.56 Å². The first kappa shape index (κ1) is 39.1. The molecule has 2 rings (SSSR count). The number of benzene rings is 2. The number of phenols is 1. The van der Waals surface area contributed by atoms with Crippen molar-refractivity contribution in [2.75, 3.05) is 0 Å². The molecular formula is C37H55N3O7. The van der Waals surface area contributed by atoms with E-state index in [1.54, 1.807) is 80.5 Å². The second-order valence-electron chi connectivity index (χ2n) is 14.9. The van der Waals surface area contributed by atoms with E-state index in [2.05, 4.69) is 10.6 Å². The number of carbonyl (C=O) groups is 4. The van der Waals surface area contributed by atoms with Gasteiger partial charge in [-0.05, 0) is 85.8 Å². The van der Waals surface area contributed by atoms with Crippen LogP contribution in [0.3, 0.4) is 0 Å². The lowest BCUT2D eigenvalue weighted by Gasteiger charge is -2.45. The summed E-state index contributed by atoms with van der Waals surface area (Å²) in [6, 6.07) is 10.6. The lowest BCUT2D eigenvalue weighted by Crippen LogP contribution is -2.61. The number of esters is 1. The van der Waals surface area contributed by atoms with E-state index < -0.39 is 64.7 Å². The van der Waals surface area contributed by atoms with Crippen molar-refractivity contribution < 1.29 is 33.8 Å². The molecule has 0 aliphatic heterocycles. The van der Waals surface area contributed by atoms with Gasteiger partial charge in [0, 0.05) is 17.5 Å². The largest absolute Gasteiger partial charge is 0.507 e. The summed E-state index contributed by atoms with van der Waals surface area (Å²) in [6.07, 6.45) is -0.217. The molecule has 0 saturated carbocycles. The van der Waals surface area contributed by atoms with Crippen LogP contribution in [-0.4, -0.2) is 62.7 Å². The summed E-state index contributed by atoms with van der Waals surface area (Å²) in [5, 5.41) is 16.9. The summed E-state index contributed by atoms with van der Waals surface area (Å²) >= 11 is 0. The highest BCUT2D eigenvalue weighted by molar-refractivity contribution is 5.95. The van der Waals surface area contributed by atoms with Gasteiger partial charge in [-0.1, -0.05) is 69.3 Å². The topological polar surface area (TPSA) is 134 Å². The molecule has 0 fully saturated rings. The number of aromatic hydroxyl groups is 1. The maximum absolute atomic E-state index is 14.7. The van der Waals surface area contributed by atoms with Crippen molar-refractivity contribution in [2.45, 2.75) is 131 Å². The number of ether oxygens (including phenoxy) is 2. The van der Waals surface area contributed by atoms with Crippen LogP contribution in [0.4, 0.5) is 4.79 Å². The number of hydrogen-bond acceptors (Lipinski definition) is 7. The fraction of sp³-hybridized carbons (Fsp3) is 0.568. The third-order valence-electron chi connectivity index (χ3n) is 7.72. The molecule has 0 aliphatic carbocycles. The molecule has 3 amide bonds. The Kier molecular flexibility index (Phi) is 13.0. The normalized spacial score (nSPS) is 14.1. The molecule has 0 aliphatic rings. The molecule has 10 heteroatoms. The molecular weight excluding hydrogens is 598 g/mol. The zero-order valence-electron chi connectivity index (χ0n) is 30.2. The molecule has 0 radical (unpaired) electrons. The highest BCUT2D eigenvalue weighted by atomic mass is 16.6. The lowest BCUT2D eigenvalue weighted by atomic mass is 9.89. The lowest BCUT2D eigenvalue weighted by molar-refractivity contribution is -0.159. The van der Waals surface area contributed by atoms with Crippen molar-refractivity contribution in [1.29, 1.82) is 0 Å². The van der Waals surface area contributed by atoms with Crippen LogP contribution in [0.2, 0.25) is 0 Å². The van der Waals surface area contributed by atoms with Crippen LogP contribution < -0.4 is 10.6 Å². The molecule has 0 saturated heterocycles. The zero-order chi connectivity index (χ0) is 35.9. The van der Waals surface area contributed by atoms with Crippen LogP contribution in [0.5, 0.6) is 5.75 Å². The molecule has 2 aromatic rings. The van der Waals surface area contributed by atoms with Gasteiger partial charge in [-0.15, -0.1) is 0 Å². The number of nitrogens with one attached hydrogen (secondary N) is 2. The Labute approximate surface area is 280 Å². The minimum atomic E-state index is -1.39. The SMILES string of the molecule is CCC(C)(C)N(C(=O)C(NC(=O)OC(C)(C)C)C(C)C)C(C(=O)NC(Cc1ccccc1)C(=O)OC(C)(C)C)c1cccc(C)c1O. The molecule has 0 bridgehead atoms. The standard InChI is InChI=1S/C37H55N3O7/c1-13-37(11,12)40(32(43)28(23(2)3)39-34(45)47-36(8,9)10)29(26-21-17-18-24(4)30(26)41)31(42)38-27(33(44)46-35(5,6)7)22-25-19-15-14-16-20-25/h14-21,23,27-29,41H,13,22H2,1-12H3,(H,38,42)(H,39,45). The van der Waals surface area contributed by atoms with E-state index in [9.17, 15) is 24.3 Å². The molecule has 3 atom stereocenters. The average molecular weight is 654 g/mol. The molecule has 0 heterocycles. The number of rotatable bonds is 12. The summed E-state index contributed by atoms with van der Waals surface area (Å²) in [7, 11) is 0. The molecule has 0 aromatic heterocycles. The molecule has 260 valence electrons. The third kappa shape index (κ3) is 11.3. The van der Waals surface area contributed by atoms with E-state index in [1.807, 2.05) is 51.1 Å². The highest BCUT2D eigenvalue weighted by Crippen LogP contribution is 2.38. The van der Waals surface area contributed by atoms with E-state index in [-0.39, 0.29) is 17.7 Å². The minimum absolute atomic E-state index is 0.133. The first-order valence-electron chi connectivity index (χ1n) is 16.3. The number of alkyl carbamates (subject to hydrolysis) is 1. The fourth-order valence-electron chi connectivity index (χ4n) is 5.01. The quantitative estimate of drug-likeness (QED) is 0.227. The zero-order valence-corrected chi connectivity index (χ0v) is 30.2. The van der Waals surface area contributed by atoms with Gasteiger partial charge in [0.1, 0.15) is 35.1 Å². The maximum Gasteiger partial charge on any atom is 0.408 e. The number of para-hydroxylation sites is 1. The fourth-order valence-corrected chi connectivity index (χ4v) is 5.01. The number of carbonyl (C=O) groups excluding carboxylic acids is 4. The first-order chi connectivity index (χ1) is 21.6. The second-order valence-corrected chi connectivity index (χ2v) is 14.9. The Morgan fingerprint density at radius 1 is 0.830 bits per heavy atom. The predicted octanol–water partition coefficient (Wildman–Crippen LogP) is 6.38. The van der Waals surface area contributed by atoms with Crippen LogP contribution in [0.1, 0.15) is 105 Å². The number of phenolic OH excluding ortho intramolecular Hbond substituents is 1. The summed E-state index contributed by atoms with van der Waals surface area (Å²) in [4.78, 5) is 57.2. The molecule has 3 N–H and O–H groups in total.